The SMILES string of the molecule is Brc1ccc2c(c1)nc(C1COCCN1)n2C1CC1. The molecule has 1 aliphatic carbocycles. The number of hydrogen-bond donors (Lipinski definition) is 1. The number of nitrogens with one attached hydrogen (secondary N) is 1. The van der Waals surface area contributed by atoms with Gasteiger partial charge < -0.3 is 14.6 Å². The van der Waals surface area contributed by atoms with Crippen LogP contribution in [0.3, 0.4) is 0 Å². The van der Waals surface area contributed by atoms with Crippen molar-refractivity contribution in [1.82, 2.24) is 14.9 Å². The highest BCUT2D eigenvalue weighted by Crippen LogP contribution is 2.40. The lowest BCUT2D eigenvalue weighted by Gasteiger charge is -2.24. The van der Waals surface area contributed by atoms with Crippen LogP contribution in [0, 0.1) is 0 Å². The van der Waals surface area contributed by atoms with Gasteiger partial charge in [0.15, 0.2) is 0 Å². The van der Waals surface area contributed by atoms with Crippen LogP contribution in [0.1, 0.15) is 30.7 Å². The summed E-state index contributed by atoms with van der Waals surface area (Å²) in [7, 11) is 0. The molecule has 1 saturated carbocycles. The van der Waals surface area contributed by atoms with E-state index < -0.39 is 0 Å². The van der Waals surface area contributed by atoms with Crippen LogP contribution in [0.4, 0.5) is 0 Å². The molecule has 19 heavy (non-hydrogen) atoms. The third-order valence-corrected chi connectivity index (χ3v) is 4.32. The Bertz CT molecular complexity index is 614. The van der Waals surface area contributed by atoms with Crippen LogP contribution in [0.25, 0.3) is 11.0 Å². The van der Waals surface area contributed by atoms with Crippen LogP contribution in [-0.4, -0.2) is 29.3 Å². The van der Waals surface area contributed by atoms with Gasteiger partial charge in [-0.05, 0) is 31.0 Å². The molecule has 2 aromatic rings. The minimum Gasteiger partial charge on any atom is -0.378 e. The van der Waals surface area contributed by atoms with Crippen LogP contribution in [0.2, 0.25) is 0 Å². The summed E-state index contributed by atoms with van der Waals surface area (Å²) in [4.78, 5) is 4.85. The smallest absolute Gasteiger partial charge is 0.129 e. The van der Waals surface area contributed by atoms with Gasteiger partial charge in [-0.25, -0.2) is 4.98 Å². The molecule has 0 spiro atoms. The highest BCUT2D eigenvalue weighted by Gasteiger charge is 2.31. The van der Waals surface area contributed by atoms with Crippen molar-refractivity contribution >= 4 is 27.0 Å². The van der Waals surface area contributed by atoms with E-state index in [2.05, 4.69) is 44.0 Å². The van der Waals surface area contributed by atoms with Crippen molar-refractivity contribution in [2.24, 2.45) is 0 Å². The van der Waals surface area contributed by atoms with E-state index in [1.807, 2.05) is 0 Å². The van der Waals surface area contributed by atoms with Crippen LogP contribution >= 0.6 is 15.9 Å². The lowest BCUT2D eigenvalue weighted by molar-refractivity contribution is 0.0732. The average Bonchev–Trinajstić information content (AvgIpc) is 3.20. The van der Waals surface area contributed by atoms with Crippen LogP contribution in [0.5, 0.6) is 0 Å². The number of rotatable bonds is 2. The van der Waals surface area contributed by atoms with Gasteiger partial charge in [-0.15, -0.1) is 0 Å². The summed E-state index contributed by atoms with van der Waals surface area (Å²) in [5.74, 6) is 1.13. The highest BCUT2D eigenvalue weighted by molar-refractivity contribution is 9.10. The van der Waals surface area contributed by atoms with E-state index in [0.29, 0.717) is 6.04 Å². The van der Waals surface area contributed by atoms with Gasteiger partial charge in [-0.2, -0.15) is 0 Å². The second kappa shape index (κ2) is 4.58. The van der Waals surface area contributed by atoms with Gasteiger partial charge in [0, 0.05) is 17.1 Å². The van der Waals surface area contributed by atoms with E-state index >= 15 is 0 Å². The third kappa shape index (κ3) is 2.10. The summed E-state index contributed by atoms with van der Waals surface area (Å²) < 4.78 is 9.08. The number of nitrogens with zero attached hydrogens (tertiary/aromatic N) is 2. The fourth-order valence-corrected chi connectivity index (χ4v) is 3.13. The Kier molecular flexibility index (Phi) is 2.86. The number of halogens is 1. The summed E-state index contributed by atoms with van der Waals surface area (Å²) in [6.45, 7) is 2.42. The number of morpholine rings is 1. The number of hydrogen-bond acceptors (Lipinski definition) is 3. The monoisotopic (exact) mass is 321 g/mol. The van der Waals surface area contributed by atoms with Gasteiger partial charge in [0.2, 0.25) is 0 Å². The maximum Gasteiger partial charge on any atom is 0.129 e. The largest absolute Gasteiger partial charge is 0.378 e. The fraction of sp³-hybridized carbons (Fsp3) is 0.500. The topological polar surface area (TPSA) is 39.1 Å². The maximum atomic E-state index is 5.59. The molecule has 2 fully saturated rings. The number of imidazole rings is 1. The summed E-state index contributed by atoms with van der Waals surface area (Å²) >= 11 is 3.53. The first-order valence-corrected chi connectivity index (χ1v) is 7.61. The minimum absolute atomic E-state index is 0.223. The normalized spacial score (nSPS) is 23.9. The van der Waals surface area contributed by atoms with E-state index in [0.717, 1.165) is 35.6 Å². The molecule has 1 aliphatic heterocycles. The molecule has 1 atom stereocenters. The predicted molar refractivity (Wildman–Crippen MR) is 77.3 cm³/mol. The molecule has 4 nitrogen and oxygen atoms in total. The zero-order valence-electron chi connectivity index (χ0n) is 10.6. The van der Waals surface area contributed by atoms with Gasteiger partial charge in [0.1, 0.15) is 5.82 Å². The molecule has 2 heterocycles. The summed E-state index contributed by atoms with van der Waals surface area (Å²) in [6, 6.07) is 7.21. The first-order chi connectivity index (χ1) is 9.33. The average molecular weight is 322 g/mol. The van der Waals surface area contributed by atoms with Crippen molar-refractivity contribution in [3.8, 4) is 0 Å². The lowest BCUT2D eigenvalue weighted by Crippen LogP contribution is -2.36. The Morgan fingerprint density at radius 3 is 3.00 bits per heavy atom. The number of fused-ring (bicyclic) bond motifs is 1. The molecule has 1 saturated heterocycles. The van der Waals surface area contributed by atoms with Crippen molar-refractivity contribution in [3.05, 3.63) is 28.5 Å². The maximum absolute atomic E-state index is 5.59. The molecule has 0 amide bonds. The summed E-state index contributed by atoms with van der Waals surface area (Å²) in [5, 5.41) is 3.51. The number of aromatic nitrogens is 2. The predicted octanol–water partition coefficient (Wildman–Crippen LogP) is 2.79. The molecule has 0 radical (unpaired) electrons. The first-order valence-electron chi connectivity index (χ1n) is 6.81. The fourth-order valence-electron chi connectivity index (χ4n) is 2.78. The summed E-state index contributed by atoms with van der Waals surface area (Å²) in [6.07, 6.45) is 2.53. The number of benzene rings is 1. The molecule has 2 aliphatic rings. The Labute approximate surface area is 120 Å². The molecular formula is C14H16BrN3O. The zero-order valence-corrected chi connectivity index (χ0v) is 12.2. The lowest BCUT2D eigenvalue weighted by atomic mass is 10.2. The van der Waals surface area contributed by atoms with Crippen molar-refractivity contribution in [2.75, 3.05) is 19.8 Å². The van der Waals surface area contributed by atoms with Gasteiger partial charge in [-0.1, -0.05) is 15.9 Å². The molecule has 1 aromatic carbocycles. The van der Waals surface area contributed by atoms with E-state index in [9.17, 15) is 0 Å². The van der Waals surface area contributed by atoms with Gasteiger partial charge in [-0.3, -0.25) is 0 Å². The molecule has 1 unspecified atom stereocenters. The standard InChI is InChI=1S/C14H16BrN3O/c15-9-1-4-13-11(7-9)17-14(18(13)10-2-3-10)12-8-19-6-5-16-12/h1,4,7,10,12,16H,2-3,5-6,8H2. The third-order valence-electron chi connectivity index (χ3n) is 3.82. The van der Waals surface area contributed by atoms with E-state index in [-0.39, 0.29) is 6.04 Å². The quantitative estimate of drug-likeness (QED) is 0.924. The molecule has 1 aromatic heterocycles. The number of ether oxygens (including phenoxy) is 1. The Morgan fingerprint density at radius 1 is 1.37 bits per heavy atom. The molecule has 5 heteroatoms. The molecule has 100 valence electrons. The molecule has 4 rings (SSSR count). The van der Waals surface area contributed by atoms with E-state index in [1.54, 1.807) is 0 Å². The second-order valence-corrected chi connectivity index (χ2v) is 6.20. The zero-order chi connectivity index (χ0) is 12.8. The van der Waals surface area contributed by atoms with E-state index in [4.69, 9.17) is 9.72 Å². The van der Waals surface area contributed by atoms with Gasteiger partial charge in [0.05, 0.1) is 30.3 Å². The molecule has 0 bridgehead atoms. The van der Waals surface area contributed by atoms with Crippen molar-refractivity contribution in [2.45, 2.75) is 24.9 Å². The van der Waals surface area contributed by atoms with Crippen molar-refractivity contribution < 1.29 is 4.74 Å². The van der Waals surface area contributed by atoms with E-state index in [1.165, 1.54) is 18.4 Å². The Morgan fingerprint density at radius 2 is 2.26 bits per heavy atom. The Balaban J connectivity index is 1.85. The molecular weight excluding hydrogens is 306 g/mol. The summed E-state index contributed by atoms with van der Waals surface area (Å²) in [5.41, 5.74) is 2.32. The Hall–Kier alpha value is -0.910. The minimum atomic E-state index is 0.223. The first kappa shape index (κ1) is 11.9. The van der Waals surface area contributed by atoms with Gasteiger partial charge >= 0.3 is 0 Å². The van der Waals surface area contributed by atoms with Crippen LogP contribution in [0.15, 0.2) is 22.7 Å². The van der Waals surface area contributed by atoms with Crippen molar-refractivity contribution in [1.29, 1.82) is 0 Å². The molecule has 1 N–H and O–H groups in total. The van der Waals surface area contributed by atoms with Crippen LogP contribution < -0.4 is 5.32 Å². The van der Waals surface area contributed by atoms with Crippen LogP contribution in [-0.2, 0) is 4.74 Å². The highest BCUT2D eigenvalue weighted by atomic mass is 79.9. The van der Waals surface area contributed by atoms with Gasteiger partial charge in [0.25, 0.3) is 0 Å². The second-order valence-electron chi connectivity index (χ2n) is 5.29. The van der Waals surface area contributed by atoms with Crippen molar-refractivity contribution in [3.63, 3.8) is 0 Å².